The van der Waals surface area contributed by atoms with Crippen LogP contribution in [0.3, 0.4) is 0 Å². The maximum atomic E-state index is 5.49. The summed E-state index contributed by atoms with van der Waals surface area (Å²) in [5.41, 5.74) is 3.18. The molecule has 1 fully saturated rings. The SMILES string of the molecule is Cc1cc(N2CCN(Cc3csc(-c4ccc5c(c4)OCO5)n3)CC2)nc(N(C)C)n1. The number of piperazine rings is 1. The van der Waals surface area contributed by atoms with Gasteiger partial charge in [-0.3, -0.25) is 4.90 Å². The lowest BCUT2D eigenvalue weighted by molar-refractivity contribution is 0.174. The third-order valence-electron chi connectivity index (χ3n) is 5.48. The van der Waals surface area contributed by atoms with Crippen LogP contribution in [0.4, 0.5) is 11.8 Å². The van der Waals surface area contributed by atoms with Crippen LogP contribution in [0, 0.1) is 6.92 Å². The Morgan fingerprint density at radius 1 is 1.00 bits per heavy atom. The fraction of sp³-hybridized carbons (Fsp3) is 0.409. The number of nitrogens with zero attached hydrogens (tertiary/aromatic N) is 6. The van der Waals surface area contributed by atoms with Crippen LogP contribution in [-0.4, -0.2) is 66.9 Å². The van der Waals surface area contributed by atoms with Crippen molar-refractivity contribution in [1.82, 2.24) is 19.9 Å². The van der Waals surface area contributed by atoms with Crippen molar-refractivity contribution in [3.8, 4) is 22.1 Å². The van der Waals surface area contributed by atoms with Gasteiger partial charge in [0.1, 0.15) is 10.8 Å². The highest BCUT2D eigenvalue weighted by atomic mass is 32.1. The van der Waals surface area contributed by atoms with Crippen LogP contribution >= 0.6 is 11.3 Å². The zero-order valence-corrected chi connectivity index (χ0v) is 18.9. The molecule has 5 rings (SSSR count). The van der Waals surface area contributed by atoms with Crippen LogP contribution in [-0.2, 0) is 6.54 Å². The molecule has 2 aliphatic rings. The van der Waals surface area contributed by atoms with Crippen LogP contribution in [0.1, 0.15) is 11.4 Å². The highest BCUT2D eigenvalue weighted by Crippen LogP contribution is 2.36. The second kappa shape index (κ2) is 8.32. The smallest absolute Gasteiger partial charge is 0.231 e. The number of rotatable bonds is 5. The van der Waals surface area contributed by atoms with Crippen molar-refractivity contribution in [2.24, 2.45) is 0 Å². The molecule has 2 aromatic heterocycles. The van der Waals surface area contributed by atoms with Gasteiger partial charge in [0.2, 0.25) is 12.7 Å². The number of hydrogen-bond acceptors (Lipinski definition) is 9. The average molecular weight is 439 g/mol. The first kappa shape index (κ1) is 20.0. The Kier molecular flexibility index (Phi) is 5.37. The number of aromatic nitrogens is 3. The fourth-order valence-corrected chi connectivity index (χ4v) is 4.61. The Balaban J connectivity index is 1.21. The largest absolute Gasteiger partial charge is 0.454 e. The second-order valence-corrected chi connectivity index (χ2v) is 8.90. The molecule has 9 heteroatoms. The standard InChI is InChI=1S/C22H26N6O2S/c1-15-10-20(25-22(23-15)26(2)3)28-8-6-27(7-9-28)12-17-13-31-21(24-17)16-4-5-18-19(11-16)30-14-29-18/h4-5,10-11,13H,6-9,12,14H2,1-3H3. The minimum absolute atomic E-state index is 0.291. The van der Waals surface area contributed by atoms with Crippen LogP contribution in [0.25, 0.3) is 10.6 Å². The van der Waals surface area contributed by atoms with E-state index in [-0.39, 0.29) is 0 Å². The molecular weight excluding hydrogens is 412 g/mol. The number of hydrogen-bond donors (Lipinski definition) is 0. The van der Waals surface area contributed by atoms with Crippen LogP contribution in [0.2, 0.25) is 0 Å². The molecule has 31 heavy (non-hydrogen) atoms. The van der Waals surface area contributed by atoms with E-state index in [4.69, 9.17) is 19.4 Å². The van der Waals surface area contributed by atoms with Gasteiger partial charge in [-0.15, -0.1) is 11.3 Å². The first-order valence-corrected chi connectivity index (χ1v) is 11.3. The lowest BCUT2D eigenvalue weighted by Gasteiger charge is -2.35. The third-order valence-corrected chi connectivity index (χ3v) is 6.42. The molecule has 4 heterocycles. The van der Waals surface area contributed by atoms with Crippen molar-refractivity contribution in [2.45, 2.75) is 13.5 Å². The van der Waals surface area contributed by atoms with E-state index in [0.29, 0.717) is 6.79 Å². The van der Waals surface area contributed by atoms with Gasteiger partial charge in [-0.05, 0) is 25.1 Å². The predicted molar refractivity (Wildman–Crippen MR) is 122 cm³/mol. The van der Waals surface area contributed by atoms with Gasteiger partial charge < -0.3 is 19.3 Å². The lowest BCUT2D eigenvalue weighted by atomic mass is 10.2. The summed E-state index contributed by atoms with van der Waals surface area (Å²) in [5.74, 6) is 3.36. The summed E-state index contributed by atoms with van der Waals surface area (Å²) < 4.78 is 10.9. The summed E-state index contributed by atoms with van der Waals surface area (Å²) in [6.45, 7) is 7.04. The van der Waals surface area contributed by atoms with E-state index in [1.54, 1.807) is 11.3 Å². The maximum Gasteiger partial charge on any atom is 0.231 e. The summed E-state index contributed by atoms with van der Waals surface area (Å²) in [6.07, 6.45) is 0. The highest BCUT2D eigenvalue weighted by molar-refractivity contribution is 7.13. The van der Waals surface area contributed by atoms with Gasteiger partial charge in [-0.2, -0.15) is 4.98 Å². The second-order valence-electron chi connectivity index (χ2n) is 8.04. The molecule has 0 aliphatic carbocycles. The van der Waals surface area contributed by atoms with E-state index in [1.165, 1.54) is 0 Å². The Labute approximate surface area is 186 Å². The molecule has 1 aromatic carbocycles. The third kappa shape index (κ3) is 4.28. The summed E-state index contributed by atoms with van der Waals surface area (Å²) in [4.78, 5) is 20.8. The van der Waals surface area contributed by atoms with Gasteiger partial charge in [0, 0.05) is 69.5 Å². The molecule has 8 nitrogen and oxygen atoms in total. The van der Waals surface area contributed by atoms with Gasteiger partial charge in [-0.25, -0.2) is 9.97 Å². The lowest BCUT2D eigenvalue weighted by Crippen LogP contribution is -2.46. The summed E-state index contributed by atoms with van der Waals surface area (Å²) in [6, 6.07) is 8.07. The molecule has 0 saturated carbocycles. The first-order chi connectivity index (χ1) is 15.0. The molecule has 0 atom stereocenters. The van der Waals surface area contributed by atoms with Gasteiger partial charge in [0.25, 0.3) is 0 Å². The van der Waals surface area contributed by atoms with E-state index >= 15 is 0 Å². The molecule has 0 radical (unpaired) electrons. The molecular formula is C22H26N6O2S. The molecule has 0 unspecified atom stereocenters. The Morgan fingerprint density at radius 2 is 1.81 bits per heavy atom. The molecule has 0 N–H and O–H groups in total. The topological polar surface area (TPSA) is 66.8 Å². The van der Waals surface area contributed by atoms with Crippen molar-refractivity contribution in [2.75, 3.05) is 56.9 Å². The molecule has 3 aromatic rings. The van der Waals surface area contributed by atoms with E-state index in [9.17, 15) is 0 Å². The van der Waals surface area contributed by atoms with Gasteiger partial charge in [-0.1, -0.05) is 0 Å². The van der Waals surface area contributed by atoms with Crippen LogP contribution in [0.5, 0.6) is 11.5 Å². The highest BCUT2D eigenvalue weighted by Gasteiger charge is 2.21. The van der Waals surface area contributed by atoms with Crippen molar-refractivity contribution in [3.05, 3.63) is 41.0 Å². The Morgan fingerprint density at radius 3 is 2.61 bits per heavy atom. The van der Waals surface area contributed by atoms with E-state index in [0.717, 1.165) is 77.9 Å². The molecule has 0 amide bonds. The molecule has 0 bridgehead atoms. The van der Waals surface area contributed by atoms with Crippen LogP contribution in [0.15, 0.2) is 29.6 Å². The van der Waals surface area contributed by atoms with E-state index in [2.05, 4.69) is 26.2 Å². The fourth-order valence-electron chi connectivity index (χ4n) is 3.80. The summed E-state index contributed by atoms with van der Waals surface area (Å²) in [5, 5.41) is 3.17. The van der Waals surface area contributed by atoms with E-state index in [1.807, 2.05) is 44.1 Å². The monoisotopic (exact) mass is 438 g/mol. The van der Waals surface area contributed by atoms with Gasteiger partial charge in [0.15, 0.2) is 11.5 Å². The molecule has 1 saturated heterocycles. The van der Waals surface area contributed by atoms with Crippen molar-refractivity contribution in [1.29, 1.82) is 0 Å². The number of fused-ring (bicyclic) bond motifs is 1. The van der Waals surface area contributed by atoms with Crippen molar-refractivity contribution >= 4 is 23.1 Å². The number of aryl methyl sites for hydroxylation is 1. The van der Waals surface area contributed by atoms with Crippen molar-refractivity contribution < 1.29 is 9.47 Å². The minimum Gasteiger partial charge on any atom is -0.454 e. The Hall–Kier alpha value is -2.91. The average Bonchev–Trinajstić information content (AvgIpc) is 3.42. The summed E-state index contributed by atoms with van der Waals surface area (Å²) >= 11 is 1.67. The number of ether oxygens (including phenoxy) is 2. The number of benzene rings is 1. The zero-order valence-electron chi connectivity index (χ0n) is 18.0. The maximum absolute atomic E-state index is 5.49. The first-order valence-electron chi connectivity index (χ1n) is 10.4. The molecule has 2 aliphatic heterocycles. The predicted octanol–water partition coefficient (Wildman–Crippen LogP) is 3.03. The van der Waals surface area contributed by atoms with Gasteiger partial charge >= 0.3 is 0 Å². The van der Waals surface area contributed by atoms with E-state index < -0.39 is 0 Å². The number of thiazole rings is 1. The van der Waals surface area contributed by atoms with Gasteiger partial charge in [0.05, 0.1) is 5.69 Å². The quantitative estimate of drug-likeness (QED) is 0.602. The normalized spacial score (nSPS) is 16.0. The molecule has 162 valence electrons. The van der Waals surface area contributed by atoms with Crippen molar-refractivity contribution in [3.63, 3.8) is 0 Å². The molecule has 0 spiro atoms. The number of anilines is 2. The zero-order chi connectivity index (χ0) is 21.4. The Bertz CT molecular complexity index is 1080. The minimum atomic E-state index is 0.291. The summed E-state index contributed by atoms with van der Waals surface area (Å²) in [7, 11) is 3.95. The van der Waals surface area contributed by atoms with Crippen LogP contribution < -0.4 is 19.3 Å².